The van der Waals surface area contributed by atoms with Gasteiger partial charge in [0.15, 0.2) is 0 Å². The Bertz CT molecular complexity index is 165. The lowest BCUT2D eigenvalue weighted by Crippen LogP contribution is -2.54. The second-order valence-electron chi connectivity index (χ2n) is 4.50. The van der Waals surface area contributed by atoms with Crippen LogP contribution in [0.5, 0.6) is 0 Å². The van der Waals surface area contributed by atoms with Crippen LogP contribution in [-0.4, -0.2) is 55.5 Å². The molecule has 0 aromatic rings. The highest BCUT2D eigenvalue weighted by atomic mass is 16.3. The fourth-order valence-electron chi connectivity index (χ4n) is 2.18. The first kappa shape index (κ1) is 10.4. The molecule has 4 heteroatoms. The van der Waals surface area contributed by atoms with E-state index < -0.39 is 0 Å². The summed E-state index contributed by atoms with van der Waals surface area (Å²) in [6.45, 7) is 6.12. The van der Waals surface area contributed by atoms with Gasteiger partial charge in [-0.3, -0.25) is 4.90 Å². The van der Waals surface area contributed by atoms with Gasteiger partial charge in [-0.15, -0.1) is 0 Å². The van der Waals surface area contributed by atoms with Crippen molar-refractivity contribution in [3.63, 3.8) is 0 Å². The Morgan fingerprint density at radius 2 is 2.00 bits per heavy atom. The van der Waals surface area contributed by atoms with Gasteiger partial charge in [0, 0.05) is 19.8 Å². The molecular formula is C10H21N3O. The minimum atomic E-state index is -0.0734. The van der Waals surface area contributed by atoms with Gasteiger partial charge < -0.3 is 15.7 Å². The van der Waals surface area contributed by atoms with Crippen molar-refractivity contribution in [2.75, 3.05) is 39.4 Å². The van der Waals surface area contributed by atoms with Gasteiger partial charge in [0.1, 0.15) is 0 Å². The molecule has 3 N–H and O–H groups in total. The summed E-state index contributed by atoms with van der Waals surface area (Å²) in [6, 6.07) is 0. The molecule has 2 rings (SSSR count). The molecule has 0 spiro atoms. The Morgan fingerprint density at radius 1 is 1.29 bits per heavy atom. The van der Waals surface area contributed by atoms with E-state index >= 15 is 0 Å². The number of hydrogen-bond acceptors (Lipinski definition) is 4. The minimum absolute atomic E-state index is 0.0734. The highest BCUT2D eigenvalue weighted by Crippen LogP contribution is 2.10. The maximum Gasteiger partial charge on any atom is 0.0794 e. The molecular weight excluding hydrogens is 178 g/mol. The molecule has 0 aromatic heterocycles. The summed E-state index contributed by atoms with van der Waals surface area (Å²) in [5, 5.41) is 15.9. The molecule has 2 aliphatic rings. The van der Waals surface area contributed by atoms with Crippen LogP contribution in [0.3, 0.4) is 0 Å². The van der Waals surface area contributed by atoms with E-state index in [9.17, 15) is 0 Å². The first-order valence-corrected chi connectivity index (χ1v) is 5.66. The van der Waals surface area contributed by atoms with Gasteiger partial charge in [-0.1, -0.05) is 0 Å². The Balaban J connectivity index is 1.50. The summed E-state index contributed by atoms with van der Waals surface area (Å²) < 4.78 is 0. The van der Waals surface area contributed by atoms with Crippen LogP contribution in [0.2, 0.25) is 0 Å². The largest absolute Gasteiger partial charge is 0.390 e. The molecule has 4 nitrogen and oxygen atoms in total. The summed E-state index contributed by atoms with van der Waals surface area (Å²) in [6.07, 6.45) is 2.53. The second-order valence-corrected chi connectivity index (χ2v) is 4.50. The van der Waals surface area contributed by atoms with Crippen molar-refractivity contribution in [2.24, 2.45) is 5.92 Å². The predicted molar refractivity (Wildman–Crippen MR) is 56.0 cm³/mol. The van der Waals surface area contributed by atoms with Gasteiger partial charge in [0.25, 0.3) is 0 Å². The van der Waals surface area contributed by atoms with Gasteiger partial charge in [-0.05, 0) is 38.4 Å². The van der Waals surface area contributed by atoms with Gasteiger partial charge in [-0.2, -0.15) is 0 Å². The summed E-state index contributed by atoms with van der Waals surface area (Å²) in [5.41, 5.74) is 0. The van der Waals surface area contributed by atoms with Crippen LogP contribution in [0.1, 0.15) is 12.8 Å². The SMILES string of the molecule is OC1CN(CNCC2CCNCC2)C1. The first-order chi connectivity index (χ1) is 6.84. The van der Waals surface area contributed by atoms with Crippen LogP contribution >= 0.6 is 0 Å². The average molecular weight is 199 g/mol. The lowest BCUT2D eigenvalue weighted by Gasteiger charge is -2.36. The molecule has 0 bridgehead atoms. The number of rotatable bonds is 4. The lowest BCUT2D eigenvalue weighted by atomic mass is 9.98. The summed E-state index contributed by atoms with van der Waals surface area (Å²) in [5.74, 6) is 0.849. The molecule has 2 saturated heterocycles. The second kappa shape index (κ2) is 5.07. The smallest absolute Gasteiger partial charge is 0.0794 e. The molecule has 0 atom stereocenters. The minimum Gasteiger partial charge on any atom is -0.390 e. The van der Waals surface area contributed by atoms with Gasteiger partial charge >= 0.3 is 0 Å². The van der Waals surface area contributed by atoms with Crippen molar-refractivity contribution in [1.82, 2.24) is 15.5 Å². The highest BCUT2D eigenvalue weighted by molar-refractivity contribution is 4.78. The molecule has 0 aromatic carbocycles. The van der Waals surface area contributed by atoms with Crippen molar-refractivity contribution in [3.05, 3.63) is 0 Å². The number of nitrogens with one attached hydrogen (secondary N) is 2. The fourth-order valence-corrected chi connectivity index (χ4v) is 2.18. The van der Waals surface area contributed by atoms with Crippen molar-refractivity contribution in [2.45, 2.75) is 18.9 Å². The van der Waals surface area contributed by atoms with Crippen LogP contribution < -0.4 is 10.6 Å². The molecule has 2 fully saturated rings. The monoisotopic (exact) mass is 199 g/mol. The Kier molecular flexibility index (Phi) is 3.75. The molecule has 0 radical (unpaired) electrons. The van der Waals surface area contributed by atoms with Crippen LogP contribution in [0.25, 0.3) is 0 Å². The van der Waals surface area contributed by atoms with E-state index in [1.807, 2.05) is 0 Å². The van der Waals surface area contributed by atoms with Gasteiger partial charge in [-0.25, -0.2) is 0 Å². The van der Waals surface area contributed by atoms with E-state index in [2.05, 4.69) is 15.5 Å². The standard InChI is InChI=1S/C10H21N3O/c14-10-6-13(7-10)8-12-5-9-1-3-11-4-2-9/h9-12,14H,1-8H2. The molecule has 0 saturated carbocycles. The number of aliphatic hydroxyl groups is 1. The van der Waals surface area contributed by atoms with E-state index in [0.717, 1.165) is 32.2 Å². The summed E-state index contributed by atoms with van der Waals surface area (Å²) in [4.78, 5) is 2.24. The zero-order chi connectivity index (χ0) is 9.80. The quantitative estimate of drug-likeness (QED) is 0.555. The van der Waals surface area contributed by atoms with Crippen LogP contribution in [-0.2, 0) is 0 Å². The maximum absolute atomic E-state index is 9.09. The maximum atomic E-state index is 9.09. The Labute approximate surface area is 85.7 Å². The predicted octanol–water partition coefficient (Wildman–Crippen LogP) is -0.790. The first-order valence-electron chi connectivity index (χ1n) is 5.66. The van der Waals surface area contributed by atoms with E-state index in [-0.39, 0.29) is 6.10 Å². The molecule has 2 heterocycles. The average Bonchev–Trinajstić information content (AvgIpc) is 2.17. The van der Waals surface area contributed by atoms with E-state index in [1.165, 1.54) is 25.9 Å². The third-order valence-electron chi connectivity index (χ3n) is 3.17. The van der Waals surface area contributed by atoms with Gasteiger partial charge in [0.2, 0.25) is 0 Å². The van der Waals surface area contributed by atoms with Crippen LogP contribution in [0.15, 0.2) is 0 Å². The van der Waals surface area contributed by atoms with E-state index in [0.29, 0.717) is 0 Å². The molecule has 14 heavy (non-hydrogen) atoms. The molecule has 0 unspecified atom stereocenters. The van der Waals surface area contributed by atoms with Crippen molar-refractivity contribution >= 4 is 0 Å². The Morgan fingerprint density at radius 3 is 2.64 bits per heavy atom. The summed E-state index contributed by atoms with van der Waals surface area (Å²) in [7, 11) is 0. The number of β-amino-alcohol motifs (C(OH)–C–C–N with tert-alkyl or cyclic N) is 1. The molecule has 82 valence electrons. The lowest BCUT2D eigenvalue weighted by molar-refractivity contribution is -0.00303. The number of piperidine rings is 1. The zero-order valence-electron chi connectivity index (χ0n) is 8.71. The van der Waals surface area contributed by atoms with Gasteiger partial charge in [0.05, 0.1) is 6.10 Å². The Hall–Kier alpha value is -0.160. The van der Waals surface area contributed by atoms with E-state index in [4.69, 9.17) is 5.11 Å². The molecule has 2 aliphatic heterocycles. The topological polar surface area (TPSA) is 47.5 Å². The molecule has 0 aliphatic carbocycles. The number of aliphatic hydroxyl groups excluding tert-OH is 1. The van der Waals surface area contributed by atoms with Crippen molar-refractivity contribution in [1.29, 1.82) is 0 Å². The third-order valence-corrected chi connectivity index (χ3v) is 3.17. The molecule has 0 amide bonds. The number of nitrogens with zero attached hydrogens (tertiary/aromatic N) is 1. The summed E-state index contributed by atoms with van der Waals surface area (Å²) >= 11 is 0. The van der Waals surface area contributed by atoms with Crippen molar-refractivity contribution < 1.29 is 5.11 Å². The normalized spacial score (nSPS) is 26.4. The van der Waals surface area contributed by atoms with E-state index in [1.54, 1.807) is 0 Å². The third kappa shape index (κ3) is 2.92. The number of likely N-dealkylation sites (tertiary alicyclic amines) is 1. The fraction of sp³-hybridized carbons (Fsp3) is 1.00. The van der Waals surface area contributed by atoms with Crippen LogP contribution in [0, 0.1) is 5.92 Å². The number of hydrogen-bond donors (Lipinski definition) is 3. The zero-order valence-corrected chi connectivity index (χ0v) is 8.71. The van der Waals surface area contributed by atoms with Crippen LogP contribution in [0.4, 0.5) is 0 Å². The van der Waals surface area contributed by atoms with Crippen molar-refractivity contribution in [3.8, 4) is 0 Å². The highest BCUT2D eigenvalue weighted by Gasteiger charge is 2.23.